The number of carbonyl (C=O) groups excluding carboxylic acids is 2. The number of aryl methyl sites for hydroxylation is 1. The second-order valence-electron chi connectivity index (χ2n) is 11.6. The minimum atomic E-state index is -2.72. The molecule has 3 fully saturated rings. The molecule has 3 aromatic rings. The fraction of sp³-hybridized carbons (Fsp3) is 0.630. The molecule has 10 nitrogen and oxygen atoms in total. The van der Waals surface area contributed by atoms with Gasteiger partial charge in [-0.05, 0) is 80.0 Å². The fourth-order valence-electron chi connectivity index (χ4n) is 5.92. The van der Waals surface area contributed by atoms with Gasteiger partial charge in [0.25, 0.3) is 5.91 Å². The Balaban J connectivity index is 1.24. The van der Waals surface area contributed by atoms with Gasteiger partial charge in [-0.2, -0.15) is 5.10 Å². The molecule has 3 saturated carbocycles. The summed E-state index contributed by atoms with van der Waals surface area (Å²) in [6.45, 7) is 1.59. The van der Waals surface area contributed by atoms with Crippen molar-refractivity contribution in [1.29, 1.82) is 0 Å². The monoisotopic (exact) mass is 559 g/mol. The van der Waals surface area contributed by atoms with Crippen LogP contribution in [0.25, 0.3) is 5.65 Å². The van der Waals surface area contributed by atoms with Crippen molar-refractivity contribution in [3.8, 4) is 0 Å². The van der Waals surface area contributed by atoms with Crippen LogP contribution < -0.4 is 10.6 Å². The molecule has 0 bridgehead atoms. The van der Waals surface area contributed by atoms with Crippen molar-refractivity contribution in [3.63, 3.8) is 0 Å². The molecule has 3 heterocycles. The van der Waals surface area contributed by atoms with Crippen LogP contribution in [0.1, 0.15) is 97.3 Å². The third-order valence-electron chi connectivity index (χ3n) is 8.49. The Morgan fingerprint density at radius 2 is 1.82 bits per heavy atom. The zero-order valence-electron chi connectivity index (χ0n) is 22.2. The summed E-state index contributed by atoms with van der Waals surface area (Å²) in [5.74, 6) is -3.20. The zero-order chi connectivity index (χ0) is 28.0. The number of nitrogens with one attached hydrogen (secondary N) is 2. The van der Waals surface area contributed by atoms with E-state index in [1.54, 1.807) is 23.8 Å². The summed E-state index contributed by atoms with van der Waals surface area (Å²) in [5.41, 5.74) is 2.19. The van der Waals surface area contributed by atoms with Gasteiger partial charge in [0.2, 0.25) is 11.8 Å². The van der Waals surface area contributed by atoms with Crippen LogP contribution in [0.5, 0.6) is 0 Å². The molecule has 2 amide bonds. The lowest BCUT2D eigenvalue weighted by atomic mass is 9.81. The van der Waals surface area contributed by atoms with Crippen LogP contribution in [-0.2, 0) is 4.79 Å². The average Bonchev–Trinajstić information content (AvgIpc) is 3.50. The summed E-state index contributed by atoms with van der Waals surface area (Å²) in [4.78, 5) is 30.4. The first kappa shape index (κ1) is 26.7. The molecule has 2 N–H and O–H groups in total. The van der Waals surface area contributed by atoms with Gasteiger partial charge in [0.05, 0.1) is 30.2 Å². The van der Waals surface area contributed by atoms with Crippen LogP contribution in [0, 0.1) is 24.7 Å². The Kier molecular flexibility index (Phi) is 6.99. The largest absolute Gasteiger partial charge is 0.349 e. The van der Waals surface area contributed by atoms with Crippen molar-refractivity contribution in [2.45, 2.75) is 88.9 Å². The lowest BCUT2D eigenvalue weighted by Gasteiger charge is -2.33. The molecule has 3 aliphatic rings. The lowest BCUT2D eigenvalue weighted by molar-refractivity contribution is -0.124. The highest BCUT2D eigenvalue weighted by Crippen LogP contribution is 2.43. The van der Waals surface area contributed by atoms with E-state index < -0.39 is 24.0 Å². The molecule has 3 aromatic heterocycles. The molecule has 1 unspecified atom stereocenters. The van der Waals surface area contributed by atoms with E-state index in [1.165, 1.54) is 0 Å². The highest BCUT2D eigenvalue weighted by molar-refractivity contribution is 5.93. The first-order chi connectivity index (χ1) is 19.1. The van der Waals surface area contributed by atoms with Crippen LogP contribution in [0.3, 0.4) is 0 Å². The maximum Gasteiger partial charge on any atom is 0.276 e. The molecule has 0 spiro atoms. The van der Waals surface area contributed by atoms with E-state index >= 15 is 0 Å². The van der Waals surface area contributed by atoms with E-state index in [1.807, 2.05) is 6.07 Å². The van der Waals surface area contributed by atoms with E-state index in [9.17, 15) is 22.8 Å². The highest BCUT2D eigenvalue weighted by atomic mass is 19.3. The topological polar surface area (TPSA) is 127 Å². The summed E-state index contributed by atoms with van der Waals surface area (Å²) in [5, 5.41) is 17.9. The van der Waals surface area contributed by atoms with Gasteiger partial charge >= 0.3 is 0 Å². The highest BCUT2D eigenvalue weighted by Gasteiger charge is 2.40. The normalized spacial score (nSPS) is 24.3. The van der Waals surface area contributed by atoms with E-state index in [0.29, 0.717) is 42.2 Å². The minimum Gasteiger partial charge on any atom is -0.349 e. The Bertz CT molecular complexity index is 1390. The maximum absolute atomic E-state index is 13.9. The van der Waals surface area contributed by atoms with Gasteiger partial charge in [-0.3, -0.25) is 9.59 Å². The van der Waals surface area contributed by atoms with Gasteiger partial charge < -0.3 is 10.6 Å². The molecule has 214 valence electrons. The van der Waals surface area contributed by atoms with Crippen LogP contribution in [0.15, 0.2) is 23.1 Å². The Labute approximate surface area is 228 Å². The SMILES string of the molecule is Cc1nonc1C(=O)N[C@H](c1cn2ncc(C(NC(=O)C[C@H]3C[C@H](F)C3)C3CC3)cc2n1)C1CCC(F)(F)CC1. The van der Waals surface area contributed by atoms with Crippen molar-refractivity contribution < 1.29 is 27.4 Å². The van der Waals surface area contributed by atoms with Crippen LogP contribution in [0.4, 0.5) is 13.2 Å². The lowest BCUT2D eigenvalue weighted by Crippen LogP contribution is -2.37. The predicted octanol–water partition coefficient (Wildman–Crippen LogP) is 4.42. The standard InChI is InChI=1S/C27H32F3N7O3/c1-14-23(36-40-35-14)26(39)34-25(17-4-6-27(29,30)7-5-17)20-13-37-21(32-20)11-18(12-31-37)24(16-2-3-16)33-22(38)10-15-8-19(28)9-15/h11-13,15-17,19,24-25H,2-10H2,1H3,(H,33,38)(H,34,39)/t15-,19-,24?,25-/m0/s1. The third kappa shape index (κ3) is 5.68. The van der Waals surface area contributed by atoms with E-state index in [4.69, 9.17) is 4.98 Å². The van der Waals surface area contributed by atoms with Crippen molar-refractivity contribution >= 4 is 17.5 Å². The second-order valence-corrected chi connectivity index (χ2v) is 11.6. The van der Waals surface area contributed by atoms with Crippen LogP contribution in [0.2, 0.25) is 0 Å². The smallest absolute Gasteiger partial charge is 0.276 e. The number of carbonyl (C=O) groups is 2. The molecular formula is C27H32F3N7O3. The summed E-state index contributed by atoms with van der Waals surface area (Å²) >= 11 is 0. The Hall–Kier alpha value is -3.51. The number of amides is 2. The minimum absolute atomic E-state index is 0.0299. The number of hydrogen-bond acceptors (Lipinski definition) is 7. The molecule has 0 radical (unpaired) electrons. The van der Waals surface area contributed by atoms with Gasteiger partial charge in [0, 0.05) is 19.3 Å². The van der Waals surface area contributed by atoms with Gasteiger partial charge in [0.1, 0.15) is 11.9 Å². The summed E-state index contributed by atoms with van der Waals surface area (Å²) < 4.78 is 47.3. The summed E-state index contributed by atoms with van der Waals surface area (Å²) in [7, 11) is 0. The number of imidazole rings is 1. The van der Waals surface area contributed by atoms with E-state index in [0.717, 1.165) is 18.4 Å². The number of hydrogen-bond donors (Lipinski definition) is 2. The zero-order valence-corrected chi connectivity index (χ0v) is 22.2. The molecule has 40 heavy (non-hydrogen) atoms. The maximum atomic E-state index is 13.9. The average molecular weight is 560 g/mol. The molecule has 2 atom stereocenters. The fourth-order valence-corrected chi connectivity index (χ4v) is 5.92. The molecule has 3 aliphatic carbocycles. The molecule has 0 aliphatic heterocycles. The van der Waals surface area contributed by atoms with Crippen molar-refractivity contribution in [2.24, 2.45) is 17.8 Å². The number of aromatic nitrogens is 5. The molecule has 0 aromatic carbocycles. The molecule has 6 rings (SSSR count). The number of rotatable bonds is 9. The van der Waals surface area contributed by atoms with Crippen molar-refractivity contribution in [2.75, 3.05) is 0 Å². The van der Waals surface area contributed by atoms with Crippen molar-refractivity contribution in [1.82, 2.24) is 35.5 Å². The van der Waals surface area contributed by atoms with Gasteiger partial charge in [-0.15, -0.1) is 0 Å². The van der Waals surface area contributed by atoms with Gasteiger partial charge in [0.15, 0.2) is 11.3 Å². The summed E-state index contributed by atoms with van der Waals surface area (Å²) in [6, 6.07) is 0.996. The Morgan fingerprint density at radius 1 is 1.10 bits per heavy atom. The van der Waals surface area contributed by atoms with Gasteiger partial charge in [-0.1, -0.05) is 5.16 Å². The molecular weight excluding hydrogens is 527 g/mol. The quantitative estimate of drug-likeness (QED) is 0.397. The number of nitrogens with zero attached hydrogens (tertiary/aromatic N) is 5. The summed E-state index contributed by atoms with van der Waals surface area (Å²) in [6.07, 6.45) is 5.68. The van der Waals surface area contributed by atoms with Crippen LogP contribution >= 0.6 is 0 Å². The number of halogens is 3. The third-order valence-corrected chi connectivity index (χ3v) is 8.49. The van der Waals surface area contributed by atoms with Crippen molar-refractivity contribution in [3.05, 3.63) is 41.1 Å². The number of alkyl halides is 3. The van der Waals surface area contributed by atoms with Crippen LogP contribution in [-0.4, -0.2) is 48.8 Å². The number of fused-ring (bicyclic) bond motifs is 1. The molecule has 13 heteroatoms. The second kappa shape index (κ2) is 10.5. The molecule has 0 saturated heterocycles. The van der Waals surface area contributed by atoms with E-state index in [2.05, 4.69) is 30.7 Å². The Morgan fingerprint density at radius 3 is 2.48 bits per heavy atom. The predicted molar refractivity (Wildman–Crippen MR) is 135 cm³/mol. The first-order valence-corrected chi connectivity index (χ1v) is 13.9. The first-order valence-electron chi connectivity index (χ1n) is 13.9. The van der Waals surface area contributed by atoms with E-state index in [-0.39, 0.29) is 55.2 Å². The van der Waals surface area contributed by atoms with Gasteiger partial charge in [-0.25, -0.2) is 27.3 Å².